The van der Waals surface area contributed by atoms with Crippen molar-refractivity contribution < 1.29 is 38.1 Å². The average molecular weight is 290 g/mol. The predicted octanol–water partition coefficient (Wildman–Crippen LogP) is -0.216. The number of ether oxygens (including phenoxy) is 5. The summed E-state index contributed by atoms with van der Waals surface area (Å²) in [7, 11) is 1.36. The van der Waals surface area contributed by atoms with Crippen molar-refractivity contribution in [1.29, 1.82) is 0 Å². The van der Waals surface area contributed by atoms with E-state index in [1.165, 1.54) is 27.9 Å². The topological polar surface area (TPSA) is 97.4 Å². The zero-order chi connectivity index (χ0) is 15.3. The first-order chi connectivity index (χ1) is 9.35. The monoisotopic (exact) mass is 290 g/mol. The molecule has 0 aromatic rings. The van der Waals surface area contributed by atoms with E-state index in [2.05, 4.69) is 0 Å². The first-order valence-corrected chi connectivity index (χ1v) is 6.01. The molecule has 0 aliphatic carbocycles. The predicted molar refractivity (Wildman–Crippen MR) is 63.4 cm³/mol. The van der Waals surface area contributed by atoms with E-state index < -0.39 is 42.5 Å². The smallest absolute Gasteiger partial charge is 0.303 e. The van der Waals surface area contributed by atoms with Crippen molar-refractivity contribution in [2.45, 2.75) is 45.4 Å². The summed E-state index contributed by atoms with van der Waals surface area (Å²) < 4.78 is 25.5. The van der Waals surface area contributed by atoms with Gasteiger partial charge in [-0.3, -0.25) is 14.4 Å². The van der Waals surface area contributed by atoms with Gasteiger partial charge in [-0.25, -0.2) is 0 Å². The van der Waals surface area contributed by atoms with E-state index in [0.717, 1.165) is 0 Å². The number of methoxy groups -OCH3 is 1. The first-order valence-electron chi connectivity index (χ1n) is 6.01. The van der Waals surface area contributed by atoms with E-state index in [0.29, 0.717) is 0 Å². The lowest BCUT2D eigenvalue weighted by atomic mass is 10.1. The average Bonchev–Trinajstić information content (AvgIpc) is 2.63. The van der Waals surface area contributed by atoms with Crippen LogP contribution >= 0.6 is 0 Å². The van der Waals surface area contributed by atoms with Crippen LogP contribution in [0.2, 0.25) is 0 Å². The number of carbonyl (C=O) groups is 3. The van der Waals surface area contributed by atoms with E-state index in [1.807, 2.05) is 0 Å². The summed E-state index contributed by atoms with van der Waals surface area (Å²) >= 11 is 0. The van der Waals surface area contributed by atoms with E-state index in [-0.39, 0.29) is 6.61 Å². The Morgan fingerprint density at radius 2 is 1.50 bits per heavy atom. The molecule has 0 aromatic carbocycles. The fourth-order valence-electron chi connectivity index (χ4n) is 1.87. The summed E-state index contributed by atoms with van der Waals surface area (Å²) in [5, 5.41) is 0. The van der Waals surface area contributed by atoms with Crippen LogP contribution in [0.1, 0.15) is 20.8 Å². The lowest BCUT2D eigenvalue weighted by Gasteiger charge is -2.22. The molecule has 0 aromatic heterocycles. The molecule has 0 unspecified atom stereocenters. The maximum absolute atomic E-state index is 11.1. The zero-order valence-electron chi connectivity index (χ0n) is 11.8. The van der Waals surface area contributed by atoms with Crippen molar-refractivity contribution >= 4 is 17.9 Å². The van der Waals surface area contributed by atoms with Crippen LogP contribution in [0.3, 0.4) is 0 Å². The Morgan fingerprint density at radius 1 is 0.950 bits per heavy atom. The molecule has 8 nitrogen and oxygen atoms in total. The maximum Gasteiger partial charge on any atom is 0.303 e. The number of hydrogen-bond donors (Lipinski definition) is 0. The Bertz CT molecular complexity index is 380. The molecule has 1 aliphatic rings. The summed E-state index contributed by atoms with van der Waals surface area (Å²) in [6.07, 6.45) is -3.48. The van der Waals surface area contributed by atoms with E-state index in [1.54, 1.807) is 0 Å². The van der Waals surface area contributed by atoms with Gasteiger partial charge in [0.1, 0.15) is 12.7 Å². The van der Waals surface area contributed by atoms with Crippen molar-refractivity contribution in [3.05, 3.63) is 0 Å². The molecule has 0 radical (unpaired) electrons. The Balaban J connectivity index is 2.84. The molecule has 20 heavy (non-hydrogen) atoms. The van der Waals surface area contributed by atoms with Gasteiger partial charge in [-0.05, 0) is 0 Å². The normalized spacial score (nSPS) is 28.8. The van der Waals surface area contributed by atoms with Gasteiger partial charge >= 0.3 is 17.9 Å². The van der Waals surface area contributed by atoms with Crippen LogP contribution < -0.4 is 0 Å². The quantitative estimate of drug-likeness (QED) is 0.506. The minimum Gasteiger partial charge on any atom is -0.463 e. The molecular weight excluding hydrogens is 272 g/mol. The van der Waals surface area contributed by atoms with Gasteiger partial charge in [0.05, 0.1) is 0 Å². The van der Waals surface area contributed by atoms with Gasteiger partial charge in [0, 0.05) is 27.9 Å². The third-order valence-electron chi connectivity index (χ3n) is 2.55. The molecular formula is C12H18O8. The van der Waals surface area contributed by atoms with Gasteiger partial charge in [-0.1, -0.05) is 0 Å². The molecule has 1 heterocycles. The van der Waals surface area contributed by atoms with Crippen LogP contribution in [-0.2, 0) is 38.1 Å². The fraction of sp³-hybridized carbons (Fsp3) is 0.750. The lowest BCUT2D eigenvalue weighted by molar-refractivity contribution is -0.181. The summed E-state index contributed by atoms with van der Waals surface area (Å²) in [4.78, 5) is 33.1. The molecule has 114 valence electrons. The van der Waals surface area contributed by atoms with E-state index in [4.69, 9.17) is 23.7 Å². The molecule has 0 amide bonds. The van der Waals surface area contributed by atoms with Crippen molar-refractivity contribution in [2.75, 3.05) is 13.7 Å². The molecule has 4 atom stereocenters. The molecule has 0 N–H and O–H groups in total. The standard InChI is InChI=1S/C12H18O8/c1-6(13)17-5-9-10(18-7(2)14)11(19-8(3)15)12(16-4)20-9/h9-12H,5H2,1-4H3/t9-,10+,11-,12-/m1/s1. The van der Waals surface area contributed by atoms with Crippen LogP contribution in [0.4, 0.5) is 0 Å². The van der Waals surface area contributed by atoms with Crippen LogP contribution in [0.25, 0.3) is 0 Å². The molecule has 0 spiro atoms. The van der Waals surface area contributed by atoms with Crippen LogP contribution in [-0.4, -0.2) is 56.2 Å². The number of carbonyl (C=O) groups excluding carboxylic acids is 3. The summed E-state index contributed by atoms with van der Waals surface area (Å²) in [5.74, 6) is -1.63. The second-order valence-electron chi connectivity index (χ2n) is 4.23. The Morgan fingerprint density at radius 3 is 1.95 bits per heavy atom. The minimum atomic E-state index is -0.915. The van der Waals surface area contributed by atoms with Crippen LogP contribution in [0, 0.1) is 0 Å². The molecule has 1 aliphatic heterocycles. The highest BCUT2D eigenvalue weighted by molar-refractivity contribution is 5.67. The lowest BCUT2D eigenvalue weighted by Crippen LogP contribution is -2.41. The second-order valence-corrected chi connectivity index (χ2v) is 4.23. The number of rotatable bonds is 5. The fourth-order valence-corrected chi connectivity index (χ4v) is 1.87. The van der Waals surface area contributed by atoms with Crippen molar-refractivity contribution in [2.24, 2.45) is 0 Å². The largest absolute Gasteiger partial charge is 0.463 e. The van der Waals surface area contributed by atoms with E-state index >= 15 is 0 Å². The minimum absolute atomic E-state index is 0.134. The maximum atomic E-state index is 11.1. The Labute approximate surface area is 116 Å². The summed E-state index contributed by atoms with van der Waals surface area (Å²) in [5.41, 5.74) is 0. The zero-order valence-corrected chi connectivity index (χ0v) is 11.8. The van der Waals surface area contributed by atoms with E-state index in [9.17, 15) is 14.4 Å². The van der Waals surface area contributed by atoms with Gasteiger partial charge in [0.2, 0.25) is 0 Å². The number of hydrogen-bond acceptors (Lipinski definition) is 8. The highest BCUT2D eigenvalue weighted by Gasteiger charge is 2.49. The number of esters is 3. The van der Waals surface area contributed by atoms with Crippen LogP contribution in [0.5, 0.6) is 0 Å². The van der Waals surface area contributed by atoms with Gasteiger partial charge in [-0.15, -0.1) is 0 Å². The van der Waals surface area contributed by atoms with Gasteiger partial charge in [0.25, 0.3) is 0 Å². The SMILES string of the molecule is CO[C@@H]1O[C@H](COC(C)=O)[C@H](OC(C)=O)[C@H]1OC(C)=O. The highest BCUT2D eigenvalue weighted by atomic mass is 16.7. The summed E-state index contributed by atoms with van der Waals surface area (Å²) in [6, 6.07) is 0. The van der Waals surface area contributed by atoms with Crippen molar-refractivity contribution in [1.82, 2.24) is 0 Å². The summed E-state index contributed by atoms with van der Waals surface area (Å²) in [6.45, 7) is 3.54. The molecule has 0 saturated carbocycles. The van der Waals surface area contributed by atoms with Crippen LogP contribution in [0.15, 0.2) is 0 Å². The Hall–Kier alpha value is -1.67. The van der Waals surface area contributed by atoms with Crippen molar-refractivity contribution in [3.63, 3.8) is 0 Å². The first kappa shape index (κ1) is 16.4. The molecule has 0 bridgehead atoms. The molecule has 8 heteroatoms. The van der Waals surface area contributed by atoms with Gasteiger partial charge in [-0.2, -0.15) is 0 Å². The third-order valence-corrected chi connectivity index (χ3v) is 2.55. The van der Waals surface area contributed by atoms with Crippen molar-refractivity contribution in [3.8, 4) is 0 Å². The highest BCUT2D eigenvalue weighted by Crippen LogP contribution is 2.27. The van der Waals surface area contributed by atoms with Gasteiger partial charge in [0.15, 0.2) is 18.5 Å². The van der Waals surface area contributed by atoms with Gasteiger partial charge < -0.3 is 23.7 Å². The molecule has 1 saturated heterocycles. The Kier molecular flexibility index (Phi) is 5.90. The second kappa shape index (κ2) is 7.20. The third kappa shape index (κ3) is 4.46. The molecule has 1 fully saturated rings. The molecule has 1 rings (SSSR count).